The fourth-order valence-corrected chi connectivity index (χ4v) is 3.38. The zero-order valence-electron chi connectivity index (χ0n) is 14.3. The van der Waals surface area contributed by atoms with E-state index in [0.717, 1.165) is 28.0 Å². The molecule has 3 rings (SSSR count). The second kappa shape index (κ2) is 8.83. The minimum Gasteiger partial charge on any atom is -0.489 e. The Hall–Kier alpha value is -1.94. The number of hydrogen-bond donors (Lipinski definition) is 1. The van der Waals surface area contributed by atoms with E-state index in [1.807, 2.05) is 24.3 Å². The van der Waals surface area contributed by atoms with Crippen molar-refractivity contribution < 1.29 is 28.2 Å². The van der Waals surface area contributed by atoms with Gasteiger partial charge in [-0.25, -0.2) is 4.79 Å². The van der Waals surface area contributed by atoms with Crippen LogP contribution >= 0.6 is 22.6 Å². The molecular formula is C19H18F2INO4. The van der Waals surface area contributed by atoms with E-state index < -0.39 is 19.2 Å². The van der Waals surface area contributed by atoms with Gasteiger partial charge in [-0.3, -0.25) is 0 Å². The van der Waals surface area contributed by atoms with E-state index in [1.165, 1.54) is 6.07 Å². The van der Waals surface area contributed by atoms with Crippen LogP contribution in [0.25, 0.3) is 0 Å². The maximum absolute atomic E-state index is 12.3. The molecule has 0 aromatic heterocycles. The van der Waals surface area contributed by atoms with Crippen molar-refractivity contribution in [3.05, 3.63) is 57.2 Å². The van der Waals surface area contributed by atoms with E-state index in [2.05, 4.69) is 32.2 Å². The van der Waals surface area contributed by atoms with Gasteiger partial charge >= 0.3 is 12.6 Å². The van der Waals surface area contributed by atoms with E-state index in [1.54, 1.807) is 12.1 Å². The summed E-state index contributed by atoms with van der Waals surface area (Å²) in [6, 6.07) is 12.5. The number of rotatable bonds is 7. The molecule has 2 aromatic carbocycles. The van der Waals surface area contributed by atoms with Crippen LogP contribution < -0.4 is 9.64 Å². The lowest BCUT2D eigenvalue weighted by Gasteiger charge is -2.20. The number of nitrogens with zero attached hydrogens (tertiary/aromatic N) is 1. The van der Waals surface area contributed by atoms with Crippen LogP contribution in [0.15, 0.2) is 42.5 Å². The number of carbonyl (C=O) groups is 1. The molecule has 0 radical (unpaired) electrons. The second-order valence-corrected chi connectivity index (χ2v) is 7.39. The van der Waals surface area contributed by atoms with Gasteiger partial charge in [0.05, 0.1) is 18.7 Å². The Morgan fingerprint density at radius 2 is 2.00 bits per heavy atom. The number of benzene rings is 2. The topological polar surface area (TPSA) is 59.0 Å². The quantitative estimate of drug-likeness (QED) is 0.585. The van der Waals surface area contributed by atoms with Crippen LogP contribution in [0.1, 0.15) is 22.3 Å². The van der Waals surface area contributed by atoms with Gasteiger partial charge in [-0.05, 0) is 70.6 Å². The Kier molecular flexibility index (Phi) is 6.48. The predicted octanol–water partition coefficient (Wildman–Crippen LogP) is 4.39. The molecule has 2 aromatic rings. The summed E-state index contributed by atoms with van der Waals surface area (Å²) in [7, 11) is 0. The minimum absolute atomic E-state index is 0.00461. The summed E-state index contributed by atoms with van der Waals surface area (Å²) in [5, 5.41) is 9.24. The molecule has 1 saturated heterocycles. The SMILES string of the molecule is O=C(O)c1ccc(N2CC[C@H](Oc3ccc(I)cc3)C2)cc1COC(F)F. The molecular weight excluding hydrogens is 471 g/mol. The number of ether oxygens (including phenoxy) is 2. The lowest BCUT2D eigenvalue weighted by atomic mass is 10.1. The number of carboxylic acids is 1. The van der Waals surface area contributed by atoms with Crippen LogP contribution in [0.5, 0.6) is 5.75 Å². The van der Waals surface area contributed by atoms with Gasteiger partial charge in [0, 0.05) is 22.2 Å². The Bertz CT molecular complexity index is 801. The molecule has 1 aliphatic rings. The fourth-order valence-electron chi connectivity index (χ4n) is 3.02. The van der Waals surface area contributed by atoms with E-state index in [0.29, 0.717) is 6.54 Å². The normalized spacial score (nSPS) is 16.7. The summed E-state index contributed by atoms with van der Waals surface area (Å²) in [6.07, 6.45) is 0.820. The Morgan fingerprint density at radius 3 is 2.67 bits per heavy atom. The van der Waals surface area contributed by atoms with Crippen molar-refractivity contribution in [3.8, 4) is 5.75 Å². The lowest BCUT2D eigenvalue weighted by molar-refractivity contribution is -0.137. The van der Waals surface area contributed by atoms with E-state index in [-0.39, 0.29) is 17.2 Å². The number of hydrogen-bond acceptors (Lipinski definition) is 4. The van der Waals surface area contributed by atoms with Crippen molar-refractivity contribution in [2.24, 2.45) is 0 Å². The third kappa shape index (κ3) is 5.29. The molecule has 1 aliphatic heterocycles. The van der Waals surface area contributed by atoms with Gasteiger partial charge in [0.15, 0.2) is 0 Å². The summed E-state index contributed by atoms with van der Waals surface area (Å²) in [5.41, 5.74) is 0.953. The molecule has 144 valence electrons. The number of anilines is 1. The fraction of sp³-hybridized carbons (Fsp3) is 0.316. The van der Waals surface area contributed by atoms with Crippen LogP contribution in [-0.4, -0.2) is 36.9 Å². The smallest absolute Gasteiger partial charge is 0.345 e. The molecule has 0 spiro atoms. The van der Waals surface area contributed by atoms with Gasteiger partial charge < -0.3 is 19.5 Å². The summed E-state index contributed by atoms with van der Waals surface area (Å²) in [5.74, 6) is -0.370. The Balaban J connectivity index is 1.69. The van der Waals surface area contributed by atoms with Gasteiger partial charge in [-0.2, -0.15) is 8.78 Å². The summed E-state index contributed by atoms with van der Waals surface area (Å²) in [6.45, 7) is -2.04. The van der Waals surface area contributed by atoms with Crippen molar-refractivity contribution in [1.29, 1.82) is 0 Å². The third-order valence-corrected chi connectivity index (χ3v) is 5.03. The van der Waals surface area contributed by atoms with Gasteiger partial charge in [-0.15, -0.1) is 0 Å². The van der Waals surface area contributed by atoms with Crippen LogP contribution in [0.3, 0.4) is 0 Å². The highest BCUT2D eigenvalue weighted by atomic mass is 127. The first-order valence-electron chi connectivity index (χ1n) is 8.35. The minimum atomic E-state index is -2.95. The van der Waals surface area contributed by atoms with Gasteiger partial charge in [-0.1, -0.05) is 0 Å². The standard InChI is InChI=1S/C19H18F2INO4/c20-19(21)26-11-12-9-14(3-6-17(12)18(24)25)23-8-7-16(10-23)27-15-4-1-13(22)2-5-15/h1-6,9,16,19H,7-8,10-11H2,(H,24,25)/t16-/m0/s1. The van der Waals surface area contributed by atoms with Crippen LogP contribution in [0.2, 0.25) is 0 Å². The first-order chi connectivity index (χ1) is 12.9. The number of alkyl halides is 2. The van der Waals surface area contributed by atoms with Gasteiger partial charge in [0.1, 0.15) is 11.9 Å². The monoisotopic (exact) mass is 489 g/mol. The maximum atomic E-state index is 12.3. The van der Waals surface area contributed by atoms with Crippen LogP contribution in [-0.2, 0) is 11.3 Å². The molecule has 0 amide bonds. The highest BCUT2D eigenvalue weighted by Crippen LogP contribution is 2.27. The van der Waals surface area contributed by atoms with Crippen LogP contribution in [0.4, 0.5) is 14.5 Å². The number of halogens is 3. The lowest BCUT2D eigenvalue weighted by Crippen LogP contribution is -2.24. The summed E-state index contributed by atoms with van der Waals surface area (Å²) in [4.78, 5) is 13.4. The zero-order valence-corrected chi connectivity index (χ0v) is 16.4. The second-order valence-electron chi connectivity index (χ2n) is 6.15. The highest BCUT2D eigenvalue weighted by molar-refractivity contribution is 14.1. The predicted molar refractivity (Wildman–Crippen MR) is 105 cm³/mol. The Labute approximate surface area is 169 Å². The van der Waals surface area contributed by atoms with Gasteiger partial charge in [0.25, 0.3) is 0 Å². The van der Waals surface area contributed by atoms with Crippen molar-refractivity contribution in [1.82, 2.24) is 0 Å². The summed E-state index contributed by atoms with van der Waals surface area (Å²) >= 11 is 2.23. The highest BCUT2D eigenvalue weighted by Gasteiger charge is 2.25. The van der Waals surface area contributed by atoms with Gasteiger partial charge in [0.2, 0.25) is 0 Å². The average molecular weight is 489 g/mol. The number of aromatic carboxylic acids is 1. The zero-order chi connectivity index (χ0) is 19.4. The maximum Gasteiger partial charge on any atom is 0.345 e. The first kappa shape index (κ1) is 19.8. The third-order valence-electron chi connectivity index (χ3n) is 4.31. The Morgan fingerprint density at radius 1 is 1.26 bits per heavy atom. The molecule has 1 atom stereocenters. The molecule has 8 heteroatoms. The van der Waals surface area contributed by atoms with E-state index >= 15 is 0 Å². The molecule has 1 heterocycles. The molecule has 0 bridgehead atoms. The van der Waals surface area contributed by atoms with Crippen LogP contribution in [0, 0.1) is 3.57 Å². The van der Waals surface area contributed by atoms with E-state index in [4.69, 9.17) is 4.74 Å². The molecule has 0 unspecified atom stereocenters. The molecule has 5 nitrogen and oxygen atoms in total. The molecule has 27 heavy (non-hydrogen) atoms. The number of carboxylic acid groups (broad SMARTS) is 1. The molecule has 1 N–H and O–H groups in total. The average Bonchev–Trinajstić information content (AvgIpc) is 3.10. The van der Waals surface area contributed by atoms with Crippen molar-refractivity contribution in [2.75, 3.05) is 18.0 Å². The molecule has 0 saturated carbocycles. The first-order valence-corrected chi connectivity index (χ1v) is 9.43. The summed E-state index contributed by atoms with van der Waals surface area (Å²) < 4.78 is 36.1. The van der Waals surface area contributed by atoms with E-state index in [9.17, 15) is 18.7 Å². The molecule has 0 aliphatic carbocycles. The molecule has 1 fully saturated rings. The largest absolute Gasteiger partial charge is 0.489 e. The van der Waals surface area contributed by atoms with Crippen molar-refractivity contribution in [3.63, 3.8) is 0 Å². The van der Waals surface area contributed by atoms with Crippen molar-refractivity contribution >= 4 is 34.2 Å². The van der Waals surface area contributed by atoms with Crippen molar-refractivity contribution in [2.45, 2.75) is 25.7 Å².